The van der Waals surface area contributed by atoms with Crippen molar-refractivity contribution in [2.24, 2.45) is 0 Å². The highest BCUT2D eigenvalue weighted by Gasteiger charge is 2.40. The van der Waals surface area contributed by atoms with Crippen LogP contribution in [0.25, 0.3) is 0 Å². The minimum Gasteiger partial charge on any atom is -0.491 e. The van der Waals surface area contributed by atoms with Crippen molar-refractivity contribution >= 4 is 0 Å². The summed E-state index contributed by atoms with van der Waals surface area (Å²) in [4.78, 5) is 0. The van der Waals surface area contributed by atoms with Gasteiger partial charge in [0.15, 0.2) is 0 Å². The van der Waals surface area contributed by atoms with E-state index in [1.165, 1.54) is 6.07 Å². The summed E-state index contributed by atoms with van der Waals surface area (Å²) in [5, 5.41) is 20.2. The Kier molecular flexibility index (Phi) is 6.39. The number of alkyl halides is 4. The lowest BCUT2D eigenvalue weighted by molar-refractivity contribution is -0.125. The first kappa shape index (κ1) is 17.2. The minimum absolute atomic E-state index is 0.220. The maximum Gasteiger partial charge on any atom is 0.319 e. The van der Waals surface area contributed by atoms with Crippen molar-refractivity contribution in [3.05, 3.63) is 29.8 Å². The highest BCUT2D eigenvalue weighted by Crippen LogP contribution is 2.21. The van der Waals surface area contributed by atoms with Crippen LogP contribution >= 0.6 is 0 Å². The Morgan fingerprint density at radius 1 is 1.38 bits per heavy atom. The first-order valence-corrected chi connectivity index (χ1v) is 6.03. The highest BCUT2D eigenvalue weighted by atomic mass is 19.3. The fraction of sp³-hybridized carbons (Fsp3) is 0.462. The van der Waals surface area contributed by atoms with Crippen molar-refractivity contribution in [3.8, 4) is 11.8 Å². The number of aliphatic hydroxyl groups is 1. The van der Waals surface area contributed by atoms with E-state index < -0.39 is 25.0 Å². The first-order valence-electron chi connectivity index (χ1n) is 6.03. The molecule has 0 aliphatic carbocycles. The third-order valence-corrected chi connectivity index (χ3v) is 2.47. The number of hydrogen-bond acceptors (Lipinski definition) is 4. The van der Waals surface area contributed by atoms with Gasteiger partial charge in [-0.3, -0.25) is 0 Å². The average molecular weight is 306 g/mol. The number of ether oxygens (including phenoxy) is 1. The molecule has 21 heavy (non-hydrogen) atoms. The Labute approximate surface area is 118 Å². The molecular weight excluding hydrogens is 292 g/mol. The molecule has 4 nitrogen and oxygen atoms in total. The van der Waals surface area contributed by atoms with Gasteiger partial charge in [-0.25, -0.2) is 8.78 Å². The Morgan fingerprint density at radius 2 is 2.10 bits per heavy atom. The summed E-state index contributed by atoms with van der Waals surface area (Å²) in [6, 6.07) is 8.07. The van der Waals surface area contributed by atoms with E-state index in [9.17, 15) is 22.7 Å². The van der Waals surface area contributed by atoms with Crippen LogP contribution in [0.5, 0.6) is 5.75 Å². The molecule has 0 amide bonds. The number of nitrogens with one attached hydrogen (secondary N) is 1. The Balaban J connectivity index is 2.31. The molecule has 1 unspecified atom stereocenters. The number of hydrogen-bond donors (Lipinski definition) is 2. The molecular formula is C13H14F4N2O2. The van der Waals surface area contributed by atoms with Gasteiger partial charge in [0.2, 0.25) is 0 Å². The van der Waals surface area contributed by atoms with Crippen LogP contribution in [0.2, 0.25) is 0 Å². The number of benzene rings is 1. The van der Waals surface area contributed by atoms with E-state index in [1.807, 2.05) is 6.07 Å². The van der Waals surface area contributed by atoms with Crippen molar-refractivity contribution < 1.29 is 27.4 Å². The molecule has 0 saturated heterocycles. The molecule has 0 heterocycles. The second-order valence-electron chi connectivity index (χ2n) is 4.30. The van der Waals surface area contributed by atoms with Crippen molar-refractivity contribution in [3.63, 3.8) is 0 Å². The predicted octanol–water partition coefficient (Wildman–Crippen LogP) is 1.79. The number of halogens is 4. The van der Waals surface area contributed by atoms with E-state index in [-0.39, 0.29) is 13.2 Å². The molecule has 8 heteroatoms. The zero-order valence-electron chi connectivity index (χ0n) is 10.9. The normalized spacial score (nSPS) is 13.0. The summed E-state index contributed by atoms with van der Waals surface area (Å²) in [7, 11) is 0. The van der Waals surface area contributed by atoms with E-state index in [2.05, 4.69) is 5.32 Å². The molecule has 1 aromatic rings. The molecule has 116 valence electrons. The Hall–Kier alpha value is -1.85. The smallest absolute Gasteiger partial charge is 0.319 e. The van der Waals surface area contributed by atoms with Gasteiger partial charge in [-0.2, -0.15) is 14.0 Å². The van der Waals surface area contributed by atoms with E-state index >= 15 is 0 Å². The zero-order chi connectivity index (χ0) is 15.9. The lowest BCUT2D eigenvalue weighted by Gasteiger charge is -2.18. The van der Waals surface area contributed by atoms with E-state index in [0.717, 1.165) is 0 Å². The third-order valence-electron chi connectivity index (χ3n) is 2.47. The number of rotatable bonds is 8. The molecule has 0 saturated carbocycles. The maximum absolute atomic E-state index is 12.6. The molecule has 0 aliphatic heterocycles. The lowest BCUT2D eigenvalue weighted by atomic mass is 10.2. The number of aliphatic hydroxyl groups excluding tert-OH is 1. The monoisotopic (exact) mass is 306 g/mol. The summed E-state index contributed by atoms with van der Waals surface area (Å²) >= 11 is 0. The van der Waals surface area contributed by atoms with Gasteiger partial charge in [-0.15, -0.1) is 0 Å². The van der Waals surface area contributed by atoms with Crippen molar-refractivity contribution in [1.82, 2.24) is 5.32 Å². The fourth-order valence-electron chi connectivity index (χ4n) is 1.39. The summed E-state index contributed by atoms with van der Waals surface area (Å²) in [5.74, 6) is -3.80. The molecule has 1 aromatic carbocycles. The van der Waals surface area contributed by atoms with Crippen molar-refractivity contribution in [2.45, 2.75) is 18.5 Å². The van der Waals surface area contributed by atoms with Crippen LogP contribution in [0.1, 0.15) is 5.56 Å². The molecule has 0 bridgehead atoms. The largest absolute Gasteiger partial charge is 0.491 e. The molecule has 0 aliphatic rings. The summed E-state index contributed by atoms with van der Waals surface area (Å²) in [5.41, 5.74) is 0.372. The standard InChI is InChI=1S/C13H14F4N2O2/c14-12(15)13(16,17)8-19-6-10(20)7-21-11-3-1-2-9(4-11)5-18/h1-4,10,12,19-20H,6-8H2. The molecule has 0 aromatic heterocycles. The van der Waals surface area contributed by atoms with Crippen LogP contribution in [0.15, 0.2) is 24.3 Å². The summed E-state index contributed by atoms with van der Waals surface area (Å²) in [6.45, 7) is -1.77. The van der Waals surface area contributed by atoms with Crippen LogP contribution in [0, 0.1) is 11.3 Å². The Bertz CT molecular complexity index is 491. The van der Waals surface area contributed by atoms with Crippen molar-refractivity contribution in [2.75, 3.05) is 19.7 Å². The minimum atomic E-state index is -4.14. The van der Waals surface area contributed by atoms with Gasteiger partial charge >= 0.3 is 12.3 Å². The zero-order valence-corrected chi connectivity index (χ0v) is 10.9. The van der Waals surface area contributed by atoms with E-state index in [1.54, 1.807) is 18.2 Å². The van der Waals surface area contributed by atoms with Gasteiger partial charge in [0.1, 0.15) is 18.5 Å². The second kappa shape index (κ2) is 7.81. The fourth-order valence-corrected chi connectivity index (χ4v) is 1.39. The van der Waals surface area contributed by atoms with Gasteiger partial charge in [-0.05, 0) is 18.2 Å². The average Bonchev–Trinajstić information content (AvgIpc) is 2.45. The topological polar surface area (TPSA) is 65.3 Å². The SMILES string of the molecule is N#Cc1cccc(OCC(O)CNCC(F)(F)C(F)F)c1. The van der Waals surface area contributed by atoms with E-state index in [4.69, 9.17) is 10.00 Å². The third kappa shape index (κ3) is 5.97. The maximum atomic E-state index is 12.6. The van der Waals surface area contributed by atoms with E-state index in [0.29, 0.717) is 11.3 Å². The lowest BCUT2D eigenvalue weighted by Crippen LogP contribution is -2.42. The molecule has 1 atom stereocenters. The highest BCUT2D eigenvalue weighted by molar-refractivity contribution is 5.36. The molecule has 0 radical (unpaired) electrons. The summed E-state index contributed by atoms with van der Waals surface area (Å²) in [6.07, 6.45) is -4.91. The van der Waals surface area contributed by atoms with Crippen LogP contribution in [-0.2, 0) is 0 Å². The van der Waals surface area contributed by atoms with Gasteiger partial charge in [-0.1, -0.05) is 6.07 Å². The van der Waals surface area contributed by atoms with Gasteiger partial charge < -0.3 is 15.2 Å². The molecule has 2 N–H and O–H groups in total. The molecule has 0 fully saturated rings. The van der Waals surface area contributed by atoms with Crippen LogP contribution < -0.4 is 10.1 Å². The second-order valence-corrected chi connectivity index (χ2v) is 4.30. The molecule has 0 spiro atoms. The Morgan fingerprint density at radius 3 is 2.71 bits per heavy atom. The van der Waals surface area contributed by atoms with Gasteiger partial charge in [0.05, 0.1) is 18.2 Å². The van der Waals surface area contributed by atoms with Gasteiger partial charge in [0.25, 0.3) is 0 Å². The predicted molar refractivity (Wildman–Crippen MR) is 66.5 cm³/mol. The summed E-state index contributed by atoms with van der Waals surface area (Å²) < 4.78 is 54.1. The first-order chi connectivity index (χ1) is 9.85. The van der Waals surface area contributed by atoms with Crippen LogP contribution in [0.3, 0.4) is 0 Å². The number of nitriles is 1. The van der Waals surface area contributed by atoms with Crippen LogP contribution in [0.4, 0.5) is 17.6 Å². The van der Waals surface area contributed by atoms with Crippen molar-refractivity contribution in [1.29, 1.82) is 5.26 Å². The molecule has 1 rings (SSSR count). The van der Waals surface area contributed by atoms with Gasteiger partial charge in [0, 0.05) is 6.54 Å². The number of nitrogens with zero attached hydrogens (tertiary/aromatic N) is 1. The van der Waals surface area contributed by atoms with Crippen LogP contribution in [-0.4, -0.2) is 43.3 Å². The quantitative estimate of drug-likeness (QED) is 0.719.